The lowest BCUT2D eigenvalue weighted by molar-refractivity contribution is -0.139. The monoisotopic (exact) mass is 322 g/mol. The summed E-state index contributed by atoms with van der Waals surface area (Å²) in [5, 5.41) is 2.91. The predicted octanol–water partition coefficient (Wildman–Crippen LogP) is 1.59. The fourth-order valence-corrected chi connectivity index (χ4v) is 2.82. The SMILES string of the molecule is Cc1ccc(F)cc1CN1CC1C(=O)NCC1COC(C)(C)O1. The maximum Gasteiger partial charge on any atom is 0.238 e. The molecule has 1 N–H and O–H groups in total. The lowest BCUT2D eigenvalue weighted by Crippen LogP contribution is -2.37. The summed E-state index contributed by atoms with van der Waals surface area (Å²) in [6, 6.07) is 4.63. The number of nitrogens with zero attached hydrogens (tertiary/aromatic N) is 1. The van der Waals surface area contributed by atoms with E-state index in [1.54, 1.807) is 6.07 Å². The molecule has 0 bridgehead atoms. The second kappa shape index (κ2) is 6.19. The summed E-state index contributed by atoms with van der Waals surface area (Å²) in [5.41, 5.74) is 1.96. The van der Waals surface area contributed by atoms with E-state index in [4.69, 9.17) is 9.47 Å². The van der Waals surface area contributed by atoms with Crippen LogP contribution in [0.5, 0.6) is 0 Å². The highest BCUT2D eigenvalue weighted by Gasteiger charge is 2.41. The van der Waals surface area contributed by atoms with Crippen LogP contribution < -0.4 is 5.32 Å². The van der Waals surface area contributed by atoms with Gasteiger partial charge in [0, 0.05) is 19.6 Å². The summed E-state index contributed by atoms with van der Waals surface area (Å²) < 4.78 is 24.4. The Balaban J connectivity index is 1.45. The van der Waals surface area contributed by atoms with E-state index in [2.05, 4.69) is 5.32 Å². The molecule has 3 rings (SSSR count). The van der Waals surface area contributed by atoms with Gasteiger partial charge < -0.3 is 14.8 Å². The molecule has 3 atom stereocenters. The van der Waals surface area contributed by atoms with Crippen LogP contribution in [-0.2, 0) is 20.8 Å². The number of rotatable bonds is 5. The van der Waals surface area contributed by atoms with Gasteiger partial charge in [0.2, 0.25) is 5.91 Å². The first-order chi connectivity index (χ1) is 10.8. The molecule has 2 saturated heterocycles. The minimum atomic E-state index is -0.573. The van der Waals surface area contributed by atoms with E-state index in [0.717, 1.165) is 11.1 Å². The molecule has 2 aliphatic rings. The largest absolute Gasteiger partial charge is 0.352 e. The number of hydrogen-bond donors (Lipinski definition) is 1. The predicted molar refractivity (Wildman–Crippen MR) is 83.2 cm³/mol. The molecule has 5 nitrogen and oxygen atoms in total. The first-order valence-electron chi connectivity index (χ1n) is 7.92. The summed E-state index contributed by atoms with van der Waals surface area (Å²) in [7, 11) is 0. The molecule has 2 heterocycles. The highest BCUT2D eigenvalue weighted by atomic mass is 19.1. The van der Waals surface area contributed by atoms with E-state index in [-0.39, 0.29) is 23.9 Å². The third kappa shape index (κ3) is 4.07. The van der Waals surface area contributed by atoms with Crippen molar-refractivity contribution in [2.45, 2.75) is 45.2 Å². The number of halogens is 1. The van der Waals surface area contributed by atoms with Crippen molar-refractivity contribution in [3.63, 3.8) is 0 Å². The van der Waals surface area contributed by atoms with Gasteiger partial charge in [-0.3, -0.25) is 9.69 Å². The van der Waals surface area contributed by atoms with Crippen molar-refractivity contribution in [3.05, 3.63) is 35.1 Å². The van der Waals surface area contributed by atoms with Gasteiger partial charge in [-0.2, -0.15) is 0 Å². The van der Waals surface area contributed by atoms with Gasteiger partial charge in [0.25, 0.3) is 0 Å². The van der Waals surface area contributed by atoms with E-state index in [1.165, 1.54) is 12.1 Å². The van der Waals surface area contributed by atoms with Crippen LogP contribution in [0, 0.1) is 12.7 Å². The minimum absolute atomic E-state index is 0.00707. The van der Waals surface area contributed by atoms with E-state index in [9.17, 15) is 9.18 Å². The maximum absolute atomic E-state index is 13.3. The Kier molecular flexibility index (Phi) is 4.40. The Morgan fingerprint density at radius 3 is 2.96 bits per heavy atom. The molecule has 0 aliphatic carbocycles. The number of ether oxygens (including phenoxy) is 2. The molecule has 2 aliphatic heterocycles. The van der Waals surface area contributed by atoms with Crippen LogP contribution >= 0.6 is 0 Å². The molecule has 23 heavy (non-hydrogen) atoms. The third-order valence-electron chi connectivity index (χ3n) is 4.27. The zero-order valence-corrected chi connectivity index (χ0v) is 13.8. The average molecular weight is 322 g/mol. The Hall–Kier alpha value is -1.50. The zero-order chi connectivity index (χ0) is 16.6. The average Bonchev–Trinajstić information content (AvgIpc) is 3.16. The van der Waals surface area contributed by atoms with E-state index >= 15 is 0 Å². The quantitative estimate of drug-likeness (QED) is 0.837. The molecule has 3 unspecified atom stereocenters. The summed E-state index contributed by atoms with van der Waals surface area (Å²) in [4.78, 5) is 14.2. The molecule has 126 valence electrons. The number of hydrogen-bond acceptors (Lipinski definition) is 4. The van der Waals surface area contributed by atoms with Crippen LogP contribution in [0.4, 0.5) is 4.39 Å². The van der Waals surface area contributed by atoms with Gasteiger partial charge in [-0.15, -0.1) is 0 Å². The molecular weight excluding hydrogens is 299 g/mol. The summed E-state index contributed by atoms with van der Waals surface area (Å²) in [5.74, 6) is -0.822. The van der Waals surface area contributed by atoms with Gasteiger partial charge in [-0.1, -0.05) is 6.07 Å². The van der Waals surface area contributed by atoms with Crippen LogP contribution in [0.1, 0.15) is 25.0 Å². The highest BCUT2D eigenvalue weighted by molar-refractivity contribution is 5.84. The van der Waals surface area contributed by atoms with Crippen LogP contribution in [0.3, 0.4) is 0 Å². The van der Waals surface area contributed by atoms with Crippen LogP contribution in [0.2, 0.25) is 0 Å². The van der Waals surface area contributed by atoms with Crippen molar-refractivity contribution in [3.8, 4) is 0 Å². The number of carbonyl (C=O) groups is 1. The molecule has 0 spiro atoms. The fourth-order valence-electron chi connectivity index (χ4n) is 2.82. The van der Waals surface area contributed by atoms with Gasteiger partial charge in [-0.05, 0) is 44.0 Å². The topological polar surface area (TPSA) is 50.6 Å². The zero-order valence-electron chi connectivity index (χ0n) is 13.8. The van der Waals surface area contributed by atoms with Gasteiger partial charge in [-0.25, -0.2) is 4.39 Å². The first-order valence-corrected chi connectivity index (χ1v) is 7.92. The second-order valence-electron chi connectivity index (χ2n) is 6.71. The van der Waals surface area contributed by atoms with Crippen molar-refractivity contribution in [1.82, 2.24) is 10.2 Å². The molecule has 0 radical (unpaired) electrons. The number of amides is 1. The van der Waals surface area contributed by atoms with Gasteiger partial charge in [0.15, 0.2) is 5.79 Å². The van der Waals surface area contributed by atoms with Crippen molar-refractivity contribution in [2.24, 2.45) is 0 Å². The summed E-state index contributed by atoms with van der Waals surface area (Å²) in [6.07, 6.45) is -0.105. The molecule has 6 heteroatoms. The number of benzene rings is 1. The first kappa shape index (κ1) is 16.4. The Bertz CT molecular complexity index is 606. The van der Waals surface area contributed by atoms with Crippen molar-refractivity contribution < 1.29 is 18.7 Å². The molecule has 0 aromatic heterocycles. The number of carbonyl (C=O) groups excluding carboxylic acids is 1. The Labute approximate surface area is 135 Å². The van der Waals surface area contributed by atoms with Crippen molar-refractivity contribution in [2.75, 3.05) is 19.7 Å². The maximum atomic E-state index is 13.3. The standard InChI is InChI=1S/C17H23FN2O3/c1-11-4-5-13(18)6-12(11)8-20-9-15(20)16(21)19-7-14-10-22-17(2,3)23-14/h4-6,14-15H,7-10H2,1-3H3,(H,19,21). The summed E-state index contributed by atoms with van der Waals surface area (Å²) in [6.45, 7) is 7.91. The molecule has 1 aromatic rings. The van der Waals surface area contributed by atoms with E-state index < -0.39 is 5.79 Å². The molecule has 1 amide bonds. The highest BCUT2D eigenvalue weighted by Crippen LogP contribution is 2.24. The fraction of sp³-hybridized carbons (Fsp3) is 0.588. The van der Waals surface area contributed by atoms with Crippen LogP contribution in [0.25, 0.3) is 0 Å². The second-order valence-corrected chi connectivity index (χ2v) is 6.71. The van der Waals surface area contributed by atoms with Crippen molar-refractivity contribution in [1.29, 1.82) is 0 Å². The minimum Gasteiger partial charge on any atom is -0.352 e. The Morgan fingerprint density at radius 2 is 2.26 bits per heavy atom. The molecule has 0 saturated carbocycles. The lowest BCUT2D eigenvalue weighted by Gasteiger charge is -2.17. The summed E-state index contributed by atoms with van der Waals surface area (Å²) >= 11 is 0. The smallest absolute Gasteiger partial charge is 0.238 e. The van der Waals surface area contributed by atoms with Gasteiger partial charge >= 0.3 is 0 Å². The van der Waals surface area contributed by atoms with Crippen LogP contribution in [0.15, 0.2) is 18.2 Å². The van der Waals surface area contributed by atoms with Crippen LogP contribution in [-0.4, -0.2) is 48.4 Å². The number of aryl methyl sites for hydroxylation is 1. The molecular formula is C17H23FN2O3. The van der Waals surface area contributed by atoms with Gasteiger partial charge in [0.1, 0.15) is 18.0 Å². The van der Waals surface area contributed by atoms with Gasteiger partial charge in [0.05, 0.1) is 6.61 Å². The van der Waals surface area contributed by atoms with Crippen molar-refractivity contribution >= 4 is 5.91 Å². The van der Waals surface area contributed by atoms with E-state index in [1.807, 2.05) is 25.7 Å². The Morgan fingerprint density at radius 1 is 1.48 bits per heavy atom. The molecule has 2 fully saturated rings. The lowest BCUT2D eigenvalue weighted by atomic mass is 10.1. The molecule has 1 aromatic carbocycles. The van der Waals surface area contributed by atoms with E-state index in [0.29, 0.717) is 26.2 Å². The number of nitrogens with one attached hydrogen (secondary N) is 1. The third-order valence-corrected chi connectivity index (χ3v) is 4.27. The normalized spacial score (nSPS) is 28.6.